The molecule has 0 amide bonds. The summed E-state index contributed by atoms with van der Waals surface area (Å²) >= 11 is 3.25. The van der Waals surface area contributed by atoms with Gasteiger partial charge in [-0.2, -0.15) is 0 Å². The molecular weight excluding hydrogens is 242 g/mol. The van der Waals surface area contributed by atoms with Crippen LogP contribution in [-0.4, -0.2) is 16.7 Å². The van der Waals surface area contributed by atoms with Crippen molar-refractivity contribution in [3.8, 4) is 0 Å². The molecule has 2 aromatic rings. The number of para-hydroxylation sites is 1. The highest BCUT2D eigenvalue weighted by atomic mass is 32.2. The Morgan fingerprint density at radius 2 is 2.25 bits per heavy atom. The largest absolute Gasteiger partial charge is 0.550 e. The Balaban J connectivity index is 1.92. The summed E-state index contributed by atoms with van der Waals surface area (Å²) in [4.78, 5) is 14.7. The van der Waals surface area contributed by atoms with Gasteiger partial charge in [-0.25, -0.2) is 4.98 Å². The second kappa shape index (κ2) is 5.32. The van der Waals surface area contributed by atoms with Crippen LogP contribution in [0.2, 0.25) is 0 Å². The van der Waals surface area contributed by atoms with Crippen molar-refractivity contribution in [3.05, 3.63) is 24.3 Å². The summed E-state index contributed by atoms with van der Waals surface area (Å²) in [5.41, 5.74) is 1.01. The number of aromatic nitrogens is 1. The van der Waals surface area contributed by atoms with Crippen molar-refractivity contribution in [3.63, 3.8) is 0 Å². The summed E-state index contributed by atoms with van der Waals surface area (Å²) in [5, 5.41) is 10.2. The quantitative estimate of drug-likeness (QED) is 0.602. The average molecular weight is 252 g/mol. The summed E-state index contributed by atoms with van der Waals surface area (Å²) in [6.45, 7) is 0. The van der Waals surface area contributed by atoms with Gasteiger partial charge in [-0.05, 0) is 25.0 Å². The summed E-state index contributed by atoms with van der Waals surface area (Å²) in [7, 11) is 0. The molecule has 5 heteroatoms. The molecule has 0 unspecified atom stereocenters. The van der Waals surface area contributed by atoms with E-state index in [-0.39, 0.29) is 6.42 Å². The Hall–Kier alpha value is -1.07. The number of thiazole rings is 1. The number of aliphatic carboxylic acids is 1. The second-order valence-corrected chi connectivity index (χ2v) is 5.64. The van der Waals surface area contributed by atoms with Crippen molar-refractivity contribution in [2.45, 2.75) is 17.2 Å². The smallest absolute Gasteiger partial charge is 0.151 e. The van der Waals surface area contributed by atoms with Crippen molar-refractivity contribution in [1.29, 1.82) is 0 Å². The molecule has 1 aromatic carbocycles. The van der Waals surface area contributed by atoms with Gasteiger partial charge < -0.3 is 9.90 Å². The van der Waals surface area contributed by atoms with E-state index in [1.807, 2.05) is 24.3 Å². The molecule has 3 nitrogen and oxygen atoms in total. The minimum absolute atomic E-state index is 0.123. The van der Waals surface area contributed by atoms with Gasteiger partial charge in [0.05, 0.1) is 10.2 Å². The first-order chi connectivity index (χ1) is 7.75. The maximum absolute atomic E-state index is 10.2. The van der Waals surface area contributed by atoms with Crippen LogP contribution in [0.3, 0.4) is 0 Å². The monoisotopic (exact) mass is 252 g/mol. The van der Waals surface area contributed by atoms with E-state index in [1.165, 1.54) is 4.70 Å². The van der Waals surface area contributed by atoms with E-state index < -0.39 is 5.97 Å². The number of rotatable bonds is 5. The molecule has 0 spiro atoms. The molecule has 1 aromatic heterocycles. The summed E-state index contributed by atoms with van der Waals surface area (Å²) in [5.74, 6) is -0.210. The van der Waals surface area contributed by atoms with Crippen LogP contribution in [0, 0.1) is 0 Å². The molecule has 0 aliphatic heterocycles. The fourth-order valence-electron chi connectivity index (χ4n) is 1.29. The molecular formula is C11H10NO2S2-. The lowest BCUT2D eigenvalue weighted by molar-refractivity contribution is -0.305. The van der Waals surface area contributed by atoms with Gasteiger partial charge in [-0.1, -0.05) is 23.9 Å². The first-order valence-corrected chi connectivity index (χ1v) is 6.74. The van der Waals surface area contributed by atoms with Gasteiger partial charge in [-0.3, -0.25) is 0 Å². The van der Waals surface area contributed by atoms with Gasteiger partial charge in [0.15, 0.2) is 4.34 Å². The lowest BCUT2D eigenvalue weighted by atomic mass is 10.3. The molecule has 0 saturated heterocycles. The van der Waals surface area contributed by atoms with Gasteiger partial charge in [0, 0.05) is 11.7 Å². The van der Waals surface area contributed by atoms with Gasteiger partial charge in [0.1, 0.15) is 0 Å². The van der Waals surface area contributed by atoms with Gasteiger partial charge in [0.2, 0.25) is 0 Å². The summed E-state index contributed by atoms with van der Waals surface area (Å²) in [6.07, 6.45) is 0.751. The molecule has 2 rings (SSSR count). The number of carbonyl (C=O) groups excluding carboxylic acids is 1. The van der Waals surface area contributed by atoms with Crippen LogP contribution < -0.4 is 5.11 Å². The van der Waals surface area contributed by atoms with Crippen LogP contribution in [0.5, 0.6) is 0 Å². The highest BCUT2D eigenvalue weighted by Crippen LogP contribution is 2.29. The number of carbonyl (C=O) groups is 1. The zero-order chi connectivity index (χ0) is 11.4. The Morgan fingerprint density at radius 1 is 1.44 bits per heavy atom. The molecule has 0 bridgehead atoms. The van der Waals surface area contributed by atoms with E-state index in [2.05, 4.69) is 4.98 Å². The van der Waals surface area contributed by atoms with E-state index >= 15 is 0 Å². The molecule has 0 N–H and O–H groups in total. The minimum atomic E-state index is -0.982. The number of hydrogen-bond donors (Lipinski definition) is 0. The molecule has 84 valence electrons. The van der Waals surface area contributed by atoms with Crippen molar-refractivity contribution >= 4 is 39.3 Å². The molecule has 0 aliphatic rings. The van der Waals surface area contributed by atoms with Crippen molar-refractivity contribution < 1.29 is 9.90 Å². The Bertz CT molecular complexity index is 462. The standard InChI is InChI=1S/C11H11NO2S2/c13-10(14)6-3-7-15-11-12-8-4-1-2-5-9(8)16-11/h1-2,4-5H,3,6-7H2,(H,13,14)/p-1. The molecule has 0 fully saturated rings. The summed E-state index contributed by atoms with van der Waals surface area (Å²) in [6, 6.07) is 7.98. The third kappa shape index (κ3) is 2.96. The van der Waals surface area contributed by atoms with Crippen LogP contribution >= 0.6 is 23.1 Å². The molecule has 1 heterocycles. The highest BCUT2D eigenvalue weighted by molar-refractivity contribution is 8.01. The van der Waals surface area contributed by atoms with Crippen molar-refractivity contribution in [1.82, 2.24) is 4.98 Å². The first kappa shape index (κ1) is 11.4. The van der Waals surface area contributed by atoms with Gasteiger partial charge in [0.25, 0.3) is 0 Å². The van der Waals surface area contributed by atoms with E-state index in [9.17, 15) is 9.90 Å². The minimum Gasteiger partial charge on any atom is -0.550 e. The third-order valence-corrected chi connectivity index (χ3v) is 4.29. The third-order valence-electron chi connectivity index (χ3n) is 2.03. The van der Waals surface area contributed by atoms with Crippen LogP contribution in [0.4, 0.5) is 0 Å². The molecule has 0 saturated carbocycles. The molecule has 0 radical (unpaired) electrons. The number of benzene rings is 1. The first-order valence-electron chi connectivity index (χ1n) is 4.94. The van der Waals surface area contributed by atoms with Crippen LogP contribution in [0.15, 0.2) is 28.6 Å². The highest BCUT2D eigenvalue weighted by Gasteiger charge is 2.02. The molecule has 0 atom stereocenters. The number of carboxylic acids is 1. The van der Waals surface area contributed by atoms with Crippen molar-refractivity contribution in [2.75, 3.05) is 5.75 Å². The lowest BCUT2D eigenvalue weighted by Gasteiger charge is -1.99. The SMILES string of the molecule is O=C([O-])CCCSc1nc2ccccc2s1. The number of fused-ring (bicyclic) bond motifs is 1. The zero-order valence-electron chi connectivity index (χ0n) is 8.51. The second-order valence-electron chi connectivity index (χ2n) is 3.27. The van der Waals surface area contributed by atoms with Gasteiger partial charge >= 0.3 is 0 Å². The van der Waals surface area contributed by atoms with Crippen LogP contribution in [-0.2, 0) is 4.79 Å². The fraction of sp³-hybridized carbons (Fsp3) is 0.273. The van der Waals surface area contributed by atoms with Crippen LogP contribution in [0.25, 0.3) is 10.2 Å². The number of nitrogens with zero attached hydrogens (tertiary/aromatic N) is 1. The van der Waals surface area contributed by atoms with E-state index in [0.29, 0.717) is 6.42 Å². The number of thioether (sulfide) groups is 1. The zero-order valence-corrected chi connectivity index (χ0v) is 10.1. The van der Waals surface area contributed by atoms with E-state index in [1.54, 1.807) is 23.1 Å². The number of carboxylic acid groups (broad SMARTS) is 1. The van der Waals surface area contributed by atoms with E-state index in [0.717, 1.165) is 15.6 Å². The molecule has 0 aliphatic carbocycles. The van der Waals surface area contributed by atoms with E-state index in [4.69, 9.17) is 0 Å². The van der Waals surface area contributed by atoms with Crippen molar-refractivity contribution in [2.24, 2.45) is 0 Å². The maximum atomic E-state index is 10.2. The fourth-order valence-corrected chi connectivity index (χ4v) is 3.37. The normalized spacial score (nSPS) is 10.8. The topological polar surface area (TPSA) is 53.0 Å². The predicted molar refractivity (Wildman–Crippen MR) is 64.6 cm³/mol. The maximum Gasteiger partial charge on any atom is 0.151 e. The van der Waals surface area contributed by atoms with Crippen LogP contribution in [0.1, 0.15) is 12.8 Å². The Kier molecular flexibility index (Phi) is 3.79. The summed E-state index contributed by atoms with van der Waals surface area (Å²) < 4.78 is 2.17. The number of hydrogen-bond acceptors (Lipinski definition) is 5. The molecule has 16 heavy (non-hydrogen) atoms. The van der Waals surface area contributed by atoms with Gasteiger partial charge in [-0.15, -0.1) is 11.3 Å². The Labute approximate surface area is 102 Å². The lowest BCUT2D eigenvalue weighted by Crippen LogP contribution is -2.21. The average Bonchev–Trinajstić information content (AvgIpc) is 2.66. The predicted octanol–water partition coefficient (Wildman–Crippen LogP) is 1.92. The Morgan fingerprint density at radius 3 is 3.00 bits per heavy atom.